The van der Waals surface area contributed by atoms with Crippen LogP contribution in [0.25, 0.3) is 22.4 Å². The van der Waals surface area contributed by atoms with E-state index < -0.39 is 5.69 Å². The molecule has 2 heterocycles. The van der Waals surface area contributed by atoms with Crippen LogP contribution in [-0.4, -0.2) is 25.4 Å². The third kappa shape index (κ3) is 2.61. The van der Waals surface area contributed by atoms with E-state index in [2.05, 4.69) is 25.9 Å². The number of fused-ring (bicyclic) bond motifs is 1. The van der Waals surface area contributed by atoms with Crippen LogP contribution in [0.4, 0.5) is 0 Å². The number of hydrogen-bond donors (Lipinski definition) is 0. The highest BCUT2D eigenvalue weighted by molar-refractivity contribution is 9.10. The van der Waals surface area contributed by atoms with E-state index >= 15 is 0 Å². The van der Waals surface area contributed by atoms with Crippen LogP contribution < -0.4 is 11.2 Å². The van der Waals surface area contributed by atoms with Gasteiger partial charge >= 0.3 is 5.69 Å². The lowest BCUT2D eigenvalue weighted by Gasteiger charge is -2.11. The molecule has 0 fully saturated rings. The molecule has 3 rings (SSSR count). The molecular formula is C15H13BrN4O2S. The maximum Gasteiger partial charge on any atom is 0.332 e. The lowest BCUT2D eigenvalue weighted by Crippen LogP contribution is -2.37. The highest BCUT2D eigenvalue weighted by atomic mass is 79.9. The van der Waals surface area contributed by atoms with Gasteiger partial charge in [-0.2, -0.15) is 0 Å². The van der Waals surface area contributed by atoms with Crippen molar-refractivity contribution < 1.29 is 0 Å². The first-order valence-corrected chi connectivity index (χ1v) is 8.73. The molecule has 0 saturated carbocycles. The van der Waals surface area contributed by atoms with E-state index in [0.717, 1.165) is 14.6 Å². The van der Waals surface area contributed by atoms with E-state index in [1.807, 2.05) is 30.5 Å². The number of rotatable bonds is 2. The average Bonchev–Trinajstić information content (AvgIpc) is 2.57. The molecule has 0 aliphatic carbocycles. The van der Waals surface area contributed by atoms with Crippen LogP contribution in [0.3, 0.4) is 0 Å². The summed E-state index contributed by atoms with van der Waals surface area (Å²) in [4.78, 5) is 33.5. The van der Waals surface area contributed by atoms with Crippen molar-refractivity contribution in [2.24, 2.45) is 14.1 Å². The Labute approximate surface area is 144 Å². The zero-order chi connectivity index (χ0) is 16.7. The fourth-order valence-corrected chi connectivity index (χ4v) is 3.13. The predicted molar refractivity (Wildman–Crippen MR) is 94.9 cm³/mol. The summed E-state index contributed by atoms with van der Waals surface area (Å²) in [5.41, 5.74) is 0.374. The Hall–Kier alpha value is -1.93. The highest BCUT2D eigenvalue weighted by Gasteiger charge is 2.17. The van der Waals surface area contributed by atoms with Crippen LogP contribution in [0.2, 0.25) is 0 Å². The molecular weight excluding hydrogens is 380 g/mol. The fraction of sp³-hybridized carbons (Fsp3) is 0.200. The molecule has 0 spiro atoms. The van der Waals surface area contributed by atoms with Crippen molar-refractivity contribution in [3.8, 4) is 11.4 Å². The largest absolute Gasteiger partial charge is 0.332 e. The lowest BCUT2D eigenvalue weighted by atomic mass is 10.2. The Morgan fingerprint density at radius 3 is 2.30 bits per heavy atom. The van der Waals surface area contributed by atoms with Gasteiger partial charge in [-0.1, -0.05) is 28.1 Å². The summed E-state index contributed by atoms with van der Waals surface area (Å²) in [5.74, 6) is 0.484. The summed E-state index contributed by atoms with van der Waals surface area (Å²) >= 11 is 4.75. The van der Waals surface area contributed by atoms with Gasteiger partial charge in [0, 0.05) is 24.1 Å². The van der Waals surface area contributed by atoms with Crippen molar-refractivity contribution in [2.75, 3.05) is 6.26 Å². The van der Waals surface area contributed by atoms with Gasteiger partial charge in [0.1, 0.15) is 10.4 Å². The minimum absolute atomic E-state index is 0.343. The zero-order valence-electron chi connectivity index (χ0n) is 12.7. The predicted octanol–water partition coefficient (Wildman–Crippen LogP) is 2.18. The first-order chi connectivity index (χ1) is 10.9. The Morgan fingerprint density at radius 2 is 1.70 bits per heavy atom. The second-order valence-electron chi connectivity index (χ2n) is 4.97. The standard InChI is InChI=1S/C15H13BrN4O2S/c1-19-12-10(14(21)20(2)15(19)22)13(23-3)18-11(17-12)8-4-6-9(16)7-5-8/h4-7H,1-3H3. The van der Waals surface area contributed by atoms with Crippen LogP contribution in [0.1, 0.15) is 0 Å². The smallest absolute Gasteiger partial charge is 0.280 e. The average molecular weight is 393 g/mol. The lowest BCUT2D eigenvalue weighted by molar-refractivity contribution is 0.703. The topological polar surface area (TPSA) is 69.8 Å². The number of nitrogens with zero attached hydrogens (tertiary/aromatic N) is 4. The van der Waals surface area contributed by atoms with Crippen molar-refractivity contribution in [2.45, 2.75) is 5.03 Å². The van der Waals surface area contributed by atoms with Crippen LogP contribution >= 0.6 is 27.7 Å². The number of thioether (sulfide) groups is 1. The van der Waals surface area contributed by atoms with Gasteiger partial charge in [0.15, 0.2) is 11.5 Å². The monoisotopic (exact) mass is 392 g/mol. The van der Waals surface area contributed by atoms with Gasteiger partial charge in [0.2, 0.25) is 0 Å². The van der Waals surface area contributed by atoms with Crippen LogP contribution in [0, 0.1) is 0 Å². The quantitative estimate of drug-likeness (QED) is 0.493. The Bertz CT molecular complexity index is 1020. The van der Waals surface area contributed by atoms with E-state index in [0.29, 0.717) is 21.9 Å². The summed E-state index contributed by atoms with van der Waals surface area (Å²) < 4.78 is 3.40. The van der Waals surface area contributed by atoms with Crippen molar-refractivity contribution in [3.05, 3.63) is 49.6 Å². The number of halogens is 1. The first-order valence-electron chi connectivity index (χ1n) is 6.71. The van der Waals surface area contributed by atoms with E-state index in [9.17, 15) is 9.59 Å². The highest BCUT2D eigenvalue weighted by Crippen LogP contribution is 2.25. The maximum atomic E-state index is 12.4. The molecule has 0 amide bonds. The summed E-state index contributed by atoms with van der Waals surface area (Å²) in [5, 5.41) is 0.923. The molecule has 8 heteroatoms. The molecule has 0 saturated heterocycles. The van der Waals surface area contributed by atoms with E-state index in [1.165, 1.54) is 23.4 Å². The van der Waals surface area contributed by atoms with Crippen LogP contribution in [-0.2, 0) is 14.1 Å². The van der Waals surface area contributed by atoms with Gasteiger partial charge in [-0.3, -0.25) is 13.9 Å². The minimum atomic E-state index is -0.407. The number of benzene rings is 1. The van der Waals surface area contributed by atoms with Gasteiger partial charge < -0.3 is 0 Å². The Morgan fingerprint density at radius 1 is 1.04 bits per heavy atom. The minimum Gasteiger partial charge on any atom is -0.280 e. The van der Waals surface area contributed by atoms with Gasteiger partial charge in [-0.05, 0) is 18.4 Å². The van der Waals surface area contributed by atoms with Crippen LogP contribution in [0.15, 0.2) is 43.4 Å². The van der Waals surface area contributed by atoms with Crippen molar-refractivity contribution in [1.82, 2.24) is 19.1 Å². The third-order valence-corrected chi connectivity index (χ3v) is 4.77. The molecule has 23 heavy (non-hydrogen) atoms. The normalized spacial score (nSPS) is 11.1. The molecule has 0 atom stereocenters. The number of aromatic nitrogens is 4. The molecule has 1 aromatic carbocycles. The third-order valence-electron chi connectivity index (χ3n) is 3.56. The van der Waals surface area contributed by atoms with E-state index in [-0.39, 0.29) is 5.56 Å². The van der Waals surface area contributed by atoms with Gasteiger partial charge in [0.05, 0.1) is 0 Å². The molecule has 118 valence electrons. The number of hydrogen-bond acceptors (Lipinski definition) is 5. The molecule has 0 N–H and O–H groups in total. The van der Waals surface area contributed by atoms with Crippen molar-refractivity contribution in [1.29, 1.82) is 0 Å². The SMILES string of the molecule is CSc1nc(-c2ccc(Br)cc2)nc2c1c(=O)n(C)c(=O)n2C. The maximum absolute atomic E-state index is 12.4. The zero-order valence-corrected chi connectivity index (χ0v) is 15.1. The van der Waals surface area contributed by atoms with E-state index in [1.54, 1.807) is 7.05 Å². The van der Waals surface area contributed by atoms with Crippen molar-refractivity contribution in [3.63, 3.8) is 0 Å². The second kappa shape index (κ2) is 5.93. The summed E-state index contributed by atoms with van der Waals surface area (Å²) in [7, 11) is 3.06. The molecule has 6 nitrogen and oxygen atoms in total. The molecule has 3 aromatic rings. The Balaban J connectivity index is 2.43. The summed E-state index contributed by atoms with van der Waals surface area (Å²) in [6.07, 6.45) is 1.84. The van der Waals surface area contributed by atoms with Gasteiger partial charge in [-0.15, -0.1) is 11.8 Å². The van der Waals surface area contributed by atoms with E-state index in [4.69, 9.17) is 0 Å². The molecule has 2 aromatic heterocycles. The summed E-state index contributed by atoms with van der Waals surface area (Å²) in [6, 6.07) is 7.55. The second-order valence-corrected chi connectivity index (χ2v) is 6.68. The first kappa shape index (κ1) is 15.9. The molecule has 0 aliphatic heterocycles. The van der Waals surface area contributed by atoms with Gasteiger partial charge in [0.25, 0.3) is 5.56 Å². The molecule has 0 radical (unpaired) electrons. The van der Waals surface area contributed by atoms with Crippen LogP contribution in [0.5, 0.6) is 0 Å². The number of aryl methyl sites for hydroxylation is 1. The molecule has 0 aliphatic rings. The molecule has 0 bridgehead atoms. The fourth-order valence-electron chi connectivity index (χ4n) is 2.30. The van der Waals surface area contributed by atoms with Crippen molar-refractivity contribution >= 4 is 38.7 Å². The van der Waals surface area contributed by atoms with Gasteiger partial charge in [-0.25, -0.2) is 14.8 Å². The molecule has 0 unspecified atom stereocenters. The Kier molecular flexibility index (Phi) is 4.11. The summed E-state index contributed by atoms with van der Waals surface area (Å²) in [6.45, 7) is 0.